The summed E-state index contributed by atoms with van der Waals surface area (Å²) >= 11 is 0. The summed E-state index contributed by atoms with van der Waals surface area (Å²) < 4.78 is 16.8. The number of rotatable bonds is 48. The molecule has 0 aromatic carbocycles. The van der Waals surface area contributed by atoms with Crippen LogP contribution in [0.25, 0.3) is 0 Å². The first kappa shape index (κ1) is 58.4. The second kappa shape index (κ2) is 46.9. The lowest BCUT2D eigenvalue weighted by atomic mass is 10.0. The fourth-order valence-electron chi connectivity index (χ4n) is 8.17. The van der Waals surface area contributed by atoms with Crippen LogP contribution in [0.1, 0.15) is 298 Å². The molecule has 0 aliphatic heterocycles. The molecule has 6 nitrogen and oxygen atoms in total. The first-order valence-corrected chi connectivity index (χ1v) is 26.7. The third-order valence-electron chi connectivity index (χ3n) is 12.2. The van der Waals surface area contributed by atoms with Crippen molar-refractivity contribution in [2.45, 2.75) is 304 Å². The summed E-state index contributed by atoms with van der Waals surface area (Å²) in [5.74, 6) is 0.797. The Bertz CT molecular complexity index is 916. The molecule has 0 aromatic rings. The first-order chi connectivity index (χ1) is 29.2. The molecule has 0 aromatic heterocycles. The van der Waals surface area contributed by atoms with Gasteiger partial charge in [-0.3, -0.25) is 14.4 Å². The van der Waals surface area contributed by atoms with Crippen molar-refractivity contribution >= 4 is 17.9 Å². The standard InChI is InChI=1S/C54H104O6/c1-6-7-8-9-10-11-12-13-14-15-18-24-29-34-39-44-52(55)58-47-51(60-54(57)46-41-36-31-26-21-20-23-28-33-38-43-50(4)5)48-59-53(56)45-40-35-30-25-19-16-17-22-27-32-37-42-49(2)3/h49-51H,6-48H2,1-5H3/t51-/m0/s1. The van der Waals surface area contributed by atoms with Gasteiger partial charge in [0.05, 0.1) is 0 Å². The van der Waals surface area contributed by atoms with Gasteiger partial charge in [-0.2, -0.15) is 0 Å². The fourth-order valence-corrected chi connectivity index (χ4v) is 8.17. The van der Waals surface area contributed by atoms with Crippen molar-refractivity contribution in [2.75, 3.05) is 13.2 Å². The second-order valence-corrected chi connectivity index (χ2v) is 19.5. The normalized spacial score (nSPS) is 12.1. The molecule has 0 bridgehead atoms. The van der Waals surface area contributed by atoms with Crippen LogP contribution in [-0.4, -0.2) is 37.2 Å². The molecule has 356 valence electrons. The van der Waals surface area contributed by atoms with E-state index in [2.05, 4.69) is 34.6 Å². The number of unbranched alkanes of at least 4 members (excludes halogenated alkanes) is 33. The van der Waals surface area contributed by atoms with Crippen molar-refractivity contribution in [3.05, 3.63) is 0 Å². The Balaban J connectivity index is 4.31. The monoisotopic (exact) mass is 849 g/mol. The number of ether oxygens (including phenoxy) is 3. The van der Waals surface area contributed by atoms with E-state index < -0.39 is 6.10 Å². The van der Waals surface area contributed by atoms with Crippen molar-refractivity contribution in [1.82, 2.24) is 0 Å². The number of hydrogen-bond acceptors (Lipinski definition) is 6. The zero-order valence-electron chi connectivity index (χ0n) is 41.1. The lowest BCUT2D eigenvalue weighted by Gasteiger charge is -2.18. The number of hydrogen-bond donors (Lipinski definition) is 0. The van der Waals surface area contributed by atoms with E-state index in [1.165, 1.54) is 186 Å². The van der Waals surface area contributed by atoms with Crippen LogP contribution >= 0.6 is 0 Å². The quantitative estimate of drug-likeness (QED) is 0.0345. The highest BCUT2D eigenvalue weighted by molar-refractivity contribution is 5.71. The summed E-state index contributed by atoms with van der Waals surface area (Å²) in [4.78, 5) is 38.0. The average Bonchev–Trinajstić information content (AvgIpc) is 3.22. The Morgan fingerprint density at radius 1 is 0.317 bits per heavy atom. The third kappa shape index (κ3) is 47.5. The number of carbonyl (C=O) groups is 3. The van der Waals surface area contributed by atoms with Crippen LogP contribution in [0.15, 0.2) is 0 Å². The summed E-state index contributed by atoms with van der Waals surface area (Å²) in [7, 11) is 0. The smallest absolute Gasteiger partial charge is 0.306 e. The van der Waals surface area contributed by atoms with Crippen molar-refractivity contribution in [3.63, 3.8) is 0 Å². The molecular weight excluding hydrogens is 745 g/mol. The van der Waals surface area contributed by atoms with Crippen molar-refractivity contribution in [3.8, 4) is 0 Å². The van der Waals surface area contributed by atoms with E-state index in [9.17, 15) is 14.4 Å². The summed E-state index contributed by atoms with van der Waals surface area (Å²) in [6.07, 6.45) is 48.0. The SMILES string of the molecule is CCCCCCCCCCCCCCCCCC(=O)OC[C@@H](COC(=O)CCCCCCCCCCCCCC(C)C)OC(=O)CCCCCCCCCCCCC(C)C. The Labute approximate surface area is 374 Å². The molecule has 0 saturated carbocycles. The molecule has 0 aliphatic carbocycles. The van der Waals surface area contributed by atoms with Crippen LogP contribution in [-0.2, 0) is 28.6 Å². The minimum absolute atomic E-state index is 0.0635. The van der Waals surface area contributed by atoms with Gasteiger partial charge in [0.15, 0.2) is 6.10 Å². The largest absolute Gasteiger partial charge is 0.462 e. The highest BCUT2D eigenvalue weighted by Crippen LogP contribution is 2.17. The van der Waals surface area contributed by atoms with Crippen LogP contribution in [0.2, 0.25) is 0 Å². The van der Waals surface area contributed by atoms with Crippen LogP contribution in [0.3, 0.4) is 0 Å². The Morgan fingerprint density at radius 2 is 0.550 bits per heavy atom. The minimum atomic E-state index is -0.762. The molecule has 0 amide bonds. The molecule has 0 fully saturated rings. The molecule has 6 heteroatoms. The van der Waals surface area contributed by atoms with Crippen molar-refractivity contribution in [1.29, 1.82) is 0 Å². The maximum atomic E-state index is 12.8. The molecule has 0 heterocycles. The molecule has 0 unspecified atom stereocenters. The average molecular weight is 849 g/mol. The fraction of sp³-hybridized carbons (Fsp3) is 0.944. The topological polar surface area (TPSA) is 78.9 Å². The maximum Gasteiger partial charge on any atom is 0.306 e. The number of carbonyl (C=O) groups excluding carboxylic acids is 3. The van der Waals surface area contributed by atoms with Gasteiger partial charge in [-0.05, 0) is 31.1 Å². The highest BCUT2D eigenvalue weighted by Gasteiger charge is 2.19. The third-order valence-corrected chi connectivity index (χ3v) is 12.2. The molecule has 0 saturated heterocycles. The van der Waals surface area contributed by atoms with Gasteiger partial charge in [-0.25, -0.2) is 0 Å². The van der Waals surface area contributed by atoms with Gasteiger partial charge in [0.25, 0.3) is 0 Å². The van der Waals surface area contributed by atoms with Gasteiger partial charge >= 0.3 is 17.9 Å². The Hall–Kier alpha value is -1.59. The lowest BCUT2D eigenvalue weighted by molar-refractivity contribution is -0.167. The second-order valence-electron chi connectivity index (χ2n) is 19.5. The van der Waals surface area contributed by atoms with Gasteiger partial charge < -0.3 is 14.2 Å². The Kier molecular flexibility index (Phi) is 45.7. The van der Waals surface area contributed by atoms with Crippen LogP contribution in [0.4, 0.5) is 0 Å². The molecule has 0 radical (unpaired) electrons. The zero-order valence-corrected chi connectivity index (χ0v) is 41.1. The lowest BCUT2D eigenvalue weighted by Crippen LogP contribution is -2.30. The van der Waals surface area contributed by atoms with E-state index in [1.54, 1.807) is 0 Å². The number of esters is 3. The van der Waals surface area contributed by atoms with E-state index >= 15 is 0 Å². The first-order valence-electron chi connectivity index (χ1n) is 26.7. The molecule has 0 aliphatic rings. The van der Waals surface area contributed by atoms with Gasteiger partial charge in [-0.1, -0.05) is 259 Å². The minimum Gasteiger partial charge on any atom is -0.462 e. The van der Waals surface area contributed by atoms with Crippen LogP contribution in [0.5, 0.6) is 0 Å². The van der Waals surface area contributed by atoms with Crippen LogP contribution in [0, 0.1) is 11.8 Å². The predicted octanol–water partition coefficient (Wildman–Crippen LogP) is 17.3. The maximum absolute atomic E-state index is 12.8. The van der Waals surface area contributed by atoms with Gasteiger partial charge in [0, 0.05) is 19.3 Å². The van der Waals surface area contributed by atoms with Crippen molar-refractivity contribution in [2.24, 2.45) is 11.8 Å². The molecular formula is C54H104O6. The van der Waals surface area contributed by atoms with E-state index in [-0.39, 0.29) is 31.1 Å². The zero-order chi connectivity index (χ0) is 44.0. The molecule has 0 rings (SSSR count). The van der Waals surface area contributed by atoms with Crippen molar-refractivity contribution < 1.29 is 28.6 Å². The Morgan fingerprint density at radius 3 is 0.817 bits per heavy atom. The van der Waals surface area contributed by atoms with Gasteiger partial charge in [-0.15, -0.1) is 0 Å². The summed E-state index contributed by atoms with van der Waals surface area (Å²) in [6, 6.07) is 0. The summed E-state index contributed by atoms with van der Waals surface area (Å²) in [5, 5.41) is 0. The highest BCUT2D eigenvalue weighted by atomic mass is 16.6. The van der Waals surface area contributed by atoms with Gasteiger partial charge in [0.2, 0.25) is 0 Å². The molecule has 1 atom stereocenters. The van der Waals surface area contributed by atoms with E-state index in [0.717, 1.165) is 69.6 Å². The summed E-state index contributed by atoms with van der Waals surface area (Å²) in [6.45, 7) is 11.4. The molecule has 60 heavy (non-hydrogen) atoms. The van der Waals surface area contributed by atoms with E-state index in [1.807, 2.05) is 0 Å². The summed E-state index contributed by atoms with van der Waals surface area (Å²) in [5.41, 5.74) is 0. The molecule has 0 N–H and O–H groups in total. The van der Waals surface area contributed by atoms with Gasteiger partial charge in [0.1, 0.15) is 13.2 Å². The van der Waals surface area contributed by atoms with E-state index in [4.69, 9.17) is 14.2 Å². The van der Waals surface area contributed by atoms with Crippen LogP contribution < -0.4 is 0 Å². The van der Waals surface area contributed by atoms with E-state index in [0.29, 0.717) is 19.3 Å². The molecule has 0 spiro atoms. The predicted molar refractivity (Wildman–Crippen MR) is 256 cm³/mol.